The number of alkyl halides is 1. The summed E-state index contributed by atoms with van der Waals surface area (Å²) in [6, 6.07) is 9.60. The number of amides is 1. The van der Waals surface area contributed by atoms with E-state index in [1.807, 2.05) is 71.0 Å². The Morgan fingerprint density at radius 1 is 1.12 bits per heavy atom. The first-order valence-electron chi connectivity index (χ1n) is 11.7. The SMILES string of the molecule is COC1=C(CNC(=O)OC(C)(C)C)C(F)(B2OC(C)(C)C(C)(C)O2)C(C)C(c2ccccc2)=C1. The second kappa shape index (κ2) is 9.04. The Hall–Kier alpha value is -2.32. The zero-order valence-electron chi connectivity index (χ0n) is 21.7. The lowest BCUT2D eigenvalue weighted by Crippen LogP contribution is -2.55. The fourth-order valence-corrected chi connectivity index (χ4v) is 4.23. The molecule has 0 aromatic heterocycles. The van der Waals surface area contributed by atoms with Gasteiger partial charge in [0.25, 0.3) is 0 Å². The van der Waals surface area contributed by atoms with Crippen LogP contribution < -0.4 is 5.32 Å². The van der Waals surface area contributed by atoms with Crippen LogP contribution in [0.25, 0.3) is 5.57 Å². The summed E-state index contributed by atoms with van der Waals surface area (Å²) in [7, 11) is 0.281. The molecule has 2 atom stereocenters. The Kier molecular flexibility index (Phi) is 6.99. The van der Waals surface area contributed by atoms with Crippen LogP contribution in [0.15, 0.2) is 47.7 Å². The van der Waals surface area contributed by atoms with Gasteiger partial charge in [-0.1, -0.05) is 37.3 Å². The molecule has 0 bridgehead atoms. The maximum absolute atomic E-state index is 17.6. The summed E-state index contributed by atoms with van der Waals surface area (Å²) >= 11 is 0. The van der Waals surface area contributed by atoms with Crippen molar-refractivity contribution < 1.29 is 28.0 Å². The lowest BCUT2D eigenvalue weighted by Gasteiger charge is -2.40. The predicted octanol–water partition coefficient (Wildman–Crippen LogP) is 5.48. The largest absolute Gasteiger partial charge is 0.503 e. The van der Waals surface area contributed by atoms with Crippen molar-refractivity contribution in [1.82, 2.24) is 5.32 Å². The Bertz CT molecular complexity index is 967. The molecule has 186 valence electrons. The van der Waals surface area contributed by atoms with Gasteiger partial charge in [-0.3, -0.25) is 0 Å². The van der Waals surface area contributed by atoms with E-state index in [9.17, 15) is 4.79 Å². The van der Waals surface area contributed by atoms with Crippen molar-refractivity contribution in [3.05, 3.63) is 53.3 Å². The molecule has 1 aliphatic carbocycles. The number of hydrogen-bond donors (Lipinski definition) is 1. The molecule has 3 rings (SSSR count). The lowest BCUT2D eigenvalue weighted by molar-refractivity contribution is 0.00578. The van der Waals surface area contributed by atoms with Crippen LogP contribution in [0.1, 0.15) is 61.0 Å². The van der Waals surface area contributed by atoms with Crippen molar-refractivity contribution in [2.45, 2.75) is 77.8 Å². The van der Waals surface area contributed by atoms with Crippen molar-refractivity contribution in [3.63, 3.8) is 0 Å². The summed E-state index contributed by atoms with van der Waals surface area (Å²) < 4.78 is 41.0. The molecule has 1 fully saturated rings. The number of methoxy groups -OCH3 is 1. The molecular formula is C26H37BFNO5. The van der Waals surface area contributed by atoms with Crippen molar-refractivity contribution in [1.29, 1.82) is 0 Å². The van der Waals surface area contributed by atoms with Gasteiger partial charge in [0.1, 0.15) is 11.4 Å². The lowest BCUT2D eigenvalue weighted by atomic mass is 9.54. The minimum absolute atomic E-state index is 0.123. The zero-order chi connectivity index (χ0) is 25.5. The fourth-order valence-electron chi connectivity index (χ4n) is 4.23. The van der Waals surface area contributed by atoms with E-state index in [1.165, 1.54) is 7.11 Å². The van der Waals surface area contributed by atoms with Gasteiger partial charge in [0.05, 0.1) is 18.3 Å². The maximum atomic E-state index is 17.6. The van der Waals surface area contributed by atoms with E-state index < -0.39 is 41.5 Å². The summed E-state index contributed by atoms with van der Waals surface area (Å²) in [5.41, 5.74) is -2.39. The highest BCUT2D eigenvalue weighted by atomic mass is 19.1. The van der Waals surface area contributed by atoms with Gasteiger partial charge < -0.3 is 24.1 Å². The molecule has 0 spiro atoms. The smallest absolute Gasteiger partial charge is 0.497 e. The number of halogens is 1. The van der Waals surface area contributed by atoms with E-state index >= 15 is 4.39 Å². The standard InChI is InChI=1S/C26H37BFNO5/c1-17-19(18-13-11-10-12-14-18)15-21(31-9)20(16-29-22(30)32-23(2,3)4)26(17,28)27-33-24(5,6)25(7,8)34-27/h10-15,17H,16H2,1-9H3,(H,29,30). The highest BCUT2D eigenvalue weighted by Gasteiger charge is 2.65. The molecule has 1 heterocycles. The Balaban J connectivity index is 2.08. The monoisotopic (exact) mass is 473 g/mol. The van der Waals surface area contributed by atoms with Gasteiger partial charge >= 0.3 is 13.2 Å². The van der Waals surface area contributed by atoms with E-state index in [1.54, 1.807) is 20.8 Å². The van der Waals surface area contributed by atoms with Crippen LogP contribution in [0.4, 0.5) is 9.18 Å². The maximum Gasteiger partial charge on any atom is 0.503 e. The van der Waals surface area contributed by atoms with Crippen LogP contribution in [0.3, 0.4) is 0 Å². The van der Waals surface area contributed by atoms with Crippen LogP contribution in [-0.2, 0) is 18.8 Å². The van der Waals surface area contributed by atoms with Gasteiger partial charge in [0, 0.05) is 18.0 Å². The van der Waals surface area contributed by atoms with E-state index in [2.05, 4.69) is 5.32 Å². The number of alkyl carbamates (subject to hydrolysis) is 1. The average Bonchev–Trinajstić information content (AvgIpc) is 2.95. The van der Waals surface area contributed by atoms with Gasteiger partial charge in [-0.15, -0.1) is 0 Å². The third kappa shape index (κ3) is 4.89. The van der Waals surface area contributed by atoms with E-state index in [0.29, 0.717) is 5.76 Å². The first-order valence-corrected chi connectivity index (χ1v) is 11.7. The highest BCUT2D eigenvalue weighted by Crippen LogP contribution is 2.51. The molecule has 1 N–H and O–H groups in total. The Labute approximate surface area is 203 Å². The first kappa shape index (κ1) is 26.3. The highest BCUT2D eigenvalue weighted by molar-refractivity contribution is 6.51. The molecule has 0 saturated carbocycles. The van der Waals surface area contributed by atoms with Crippen LogP contribution >= 0.6 is 0 Å². The molecular weight excluding hydrogens is 436 g/mol. The molecule has 0 radical (unpaired) electrons. The van der Waals surface area contributed by atoms with Crippen molar-refractivity contribution in [2.75, 3.05) is 13.7 Å². The van der Waals surface area contributed by atoms with E-state index in [-0.39, 0.29) is 12.1 Å². The van der Waals surface area contributed by atoms with Crippen LogP contribution in [0, 0.1) is 5.92 Å². The molecule has 1 aromatic rings. The number of nitrogens with one attached hydrogen (secondary N) is 1. The second-order valence-corrected chi connectivity index (χ2v) is 10.9. The summed E-state index contributed by atoms with van der Waals surface area (Å²) in [6.45, 7) is 14.5. The summed E-state index contributed by atoms with van der Waals surface area (Å²) in [5.74, 6) is -0.329. The van der Waals surface area contributed by atoms with Gasteiger partial charge in [0.15, 0.2) is 5.57 Å². The van der Waals surface area contributed by atoms with Gasteiger partial charge in [-0.2, -0.15) is 0 Å². The number of rotatable bonds is 5. The molecule has 1 amide bonds. The predicted molar refractivity (Wildman–Crippen MR) is 132 cm³/mol. The third-order valence-electron chi connectivity index (χ3n) is 6.87. The van der Waals surface area contributed by atoms with Crippen LogP contribution in [-0.4, -0.2) is 49.2 Å². The van der Waals surface area contributed by atoms with Crippen LogP contribution in [0.2, 0.25) is 0 Å². The minimum Gasteiger partial charge on any atom is -0.497 e. The van der Waals surface area contributed by atoms with Crippen molar-refractivity contribution in [2.24, 2.45) is 5.92 Å². The molecule has 6 nitrogen and oxygen atoms in total. The van der Waals surface area contributed by atoms with Crippen molar-refractivity contribution in [3.8, 4) is 0 Å². The normalized spacial score (nSPS) is 26.2. The third-order valence-corrected chi connectivity index (χ3v) is 6.87. The van der Waals surface area contributed by atoms with Crippen molar-refractivity contribution >= 4 is 18.8 Å². The second-order valence-electron chi connectivity index (χ2n) is 10.9. The fraction of sp³-hybridized carbons (Fsp3) is 0.577. The van der Waals surface area contributed by atoms with Crippen LogP contribution in [0.5, 0.6) is 0 Å². The average molecular weight is 473 g/mol. The number of hydrogen-bond acceptors (Lipinski definition) is 5. The summed E-state index contributed by atoms with van der Waals surface area (Å²) in [4.78, 5) is 12.4. The number of ether oxygens (including phenoxy) is 2. The quantitative estimate of drug-likeness (QED) is 0.574. The first-order chi connectivity index (χ1) is 15.6. The Morgan fingerprint density at radius 2 is 1.68 bits per heavy atom. The zero-order valence-corrected chi connectivity index (χ0v) is 21.7. The molecule has 34 heavy (non-hydrogen) atoms. The molecule has 8 heteroatoms. The van der Waals surface area contributed by atoms with Gasteiger partial charge in [0.2, 0.25) is 0 Å². The number of carbonyl (C=O) groups is 1. The van der Waals surface area contributed by atoms with Gasteiger partial charge in [-0.05, 0) is 65.7 Å². The minimum atomic E-state index is -2.12. The van der Waals surface area contributed by atoms with E-state index in [4.69, 9.17) is 18.8 Å². The number of carbonyl (C=O) groups excluding carboxylic acids is 1. The number of allylic oxidation sites excluding steroid dienone is 2. The molecule has 2 aliphatic rings. The molecule has 2 unspecified atom stereocenters. The van der Waals surface area contributed by atoms with Gasteiger partial charge in [-0.25, -0.2) is 9.18 Å². The number of benzene rings is 1. The molecule has 1 saturated heterocycles. The molecule has 1 aliphatic heterocycles. The topological polar surface area (TPSA) is 66.0 Å². The summed E-state index contributed by atoms with van der Waals surface area (Å²) in [6.07, 6.45) is 1.19. The Morgan fingerprint density at radius 3 is 2.18 bits per heavy atom. The molecule has 1 aromatic carbocycles. The van der Waals surface area contributed by atoms with E-state index in [0.717, 1.165) is 11.1 Å². The summed E-state index contributed by atoms with van der Waals surface area (Å²) in [5, 5.41) is 2.69.